The molecular weight excluding hydrogens is 302 g/mol. The molecule has 0 radical (unpaired) electrons. The average molecular weight is 348 g/mol. The van der Waals surface area contributed by atoms with E-state index in [4.69, 9.17) is 4.99 Å². The number of aliphatic imine (C=N–C) groups is 1. The quantitative estimate of drug-likeness (QED) is 0.315. The van der Waals surface area contributed by atoms with Gasteiger partial charge in [0.25, 0.3) is 0 Å². The lowest BCUT2D eigenvalue weighted by atomic mass is 9.84. The lowest BCUT2D eigenvalue weighted by molar-refractivity contribution is 0.387. The zero-order valence-electron chi connectivity index (χ0n) is 17.2. The van der Waals surface area contributed by atoms with Gasteiger partial charge in [0.05, 0.1) is 0 Å². The van der Waals surface area contributed by atoms with Crippen molar-refractivity contribution in [2.75, 3.05) is 0 Å². The molecule has 0 heterocycles. The highest BCUT2D eigenvalue weighted by atomic mass is 14.8. The van der Waals surface area contributed by atoms with E-state index in [0.717, 1.165) is 5.92 Å². The van der Waals surface area contributed by atoms with Crippen LogP contribution >= 0.6 is 0 Å². The third-order valence-electron chi connectivity index (χ3n) is 6.59. The summed E-state index contributed by atoms with van der Waals surface area (Å²) >= 11 is 0. The van der Waals surface area contributed by atoms with E-state index in [1.54, 1.807) is 5.71 Å². The van der Waals surface area contributed by atoms with Crippen LogP contribution in [0.1, 0.15) is 135 Å². The van der Waals surface area contributed by atoms with E-state index in [9.17, 15) is 0 Å². The van der Waals surface area contributed by atoms with Crippen LogP contribution in [0.15, 0.2) is 4.99 Å². The van der Waals surface area contributed by atoms with E-state index in [2.05, 4.69) is 6.92 Å². The number of hydrogen-bond donors (Lipinski definition) is 0. The first-order chi connectivity index (χ1) is 12.4. The summed E-state index contributed by atoms with van der Waals surface area (Å²) in [6, 6.07) is 0.697. The van der Waals surface area contributed by atoms with Crippen molar-refractivity contribution in [2.24, 2.45) is 10.9 Å². The summed E-state index contributed by atoms with van der Waals surface area (Å²) in [4.78, 5) is 5.10. The second-order valence-corrected chi connectivity index (χ2v) is 8.90. The Hall–Kier alpha value is -0.330. The van der Waals surface area contributed by atoms with Gasteiger partial charge >= 0.3 is 0 Å². The van der Waals surface area contributed by atoms with Crippen LogP contribution in [-0.2, 0) is 0 Å². The second kappa shape index (κ2) is 13.8. The van der Waals surface area contributed by atoms with Gasteiger partial charge in [0.15, 0.2) is 0 Å². The van der Waals surface area contributed by atoms with Crippen LogP contribution in [0.4, 0.5) is 0 Å². The van der Waals surface area contributed by atoms with Crippen molar-refractivity contribution in [3.63, 3.8) is 0 Å². The Labute approximate surface area is 158 Å². The zero-order valence-corrected chi connectivity index (χ0v) is 17.2. The minimum atomic E-state index is 0.697. The van der Waals surface area contributed by atoms with Gasteiger partial charge in [-0.3, -0.25) is 4.99 Å². The highest BCUT2D eigenvalue weighted by Gasteiger charge is 2.19. The molecule has 0 aromatic carbocycles. The molecule has 2 saturated carbocycles. The van der Waals surface area contributed by atoms with Crippen LogP contribution in [0.2, 0.25) is 0 Å². The van der Waals surface area contributed by atoms with Crippen molar-refractivity contribution in [1.82, 2.24) is 0 Å². The molecule has 0 bridgehead atoms. The molecule has 0 saturated heterocycles. The monoisotopic (exact) mass is 347 g/mol. The molecule has 1 heteroatoms. The number of rotatable bonds is 12. The van der Waals surface area contributed by atoms with Gasteiger partial charge in [0, 0.05) is 11.8 Å². The average Bonchev–Trinajstić information content (AvgIpc) is 2.65. The fourth-order valence-electron chi connectivity index (χ4n) is 4.82. The van der Waals surface area contributed by atoms with Crippen LogP contribution in [-0.4, -0.2) is 11.8 Å². The third-order valence-corrected chi connectivity index (χ3v) is 6.59. The summed E-state index contributed by atoms with van der Waals surface area (Å²) in [7, 11) is 0. The van der Waals surface area contributed by atoms with E-state index < -0.39 is 0 Å². The molecule has 0 atom stereocenters. The smallest absolute Gasteiger partial charge is 0.0499 e. The summed E-state index contributed by atoms with van der Waals surface area (Å²) in [5.41, 5.74) is 1.58. The van der Waals surface area contributed by atoms with Crippen LogP contribution in [0.3, 0.4) is 0 Å². The van der Waals surface area contributed by atoms with Gasteiger partial charge in [-0.15, -0.1) is 0 Å². The molecule has 0 aromatic rings. The summed E-state index contributed by atoms with van der Waals surface area (Å²) in [6.45, 7) is 2.30. The SMILES string of the molecule is CCCCCCCCCCCCC1CCC(=NC2CCCCC2)CC1. The number of hydrogen-bond acceptors (Lipinski definition) is 1. The predicted octanol–water partition coefficient (Wildman–Crippen LogP) is 8.26. The normalized spacial score (nSPS) is 22.3. The first-order valence-electron chi connectivity index (χ1n) is 11.9. The summed E-state index contributed by atoms with van der Waals surface area (Å²) in [5, 5.41) is 0. The van der Waals surface area contributed by atoms with Gasteiger partial charge in [-0.2, -0.15) is 0 Å². The largest absolute Gasteiger partial charge is 0.291 e. The first kappa shape index (κ1) is 21.0. The van der Waals surface area contributed by atoms with Gasteiger partial charge < -0.3 is 0 Å². The molecule has 146 valence electrons. The van der Waals surface area contributed by atoms with Gasteiger partial charge in [-0.05, 0) is 44.4 Å². The Morgan fingerprint density at radius 2 is 1.24 bits per heavy atom. The Bertz CT molecular complexity index is 330. The van der Waals surface area contributed by atoms with Gasteiger partial charge in [0.1, 0.15) is 0 Å². The molecule has 2 aliphatic rings. The minimum Gasteiger partial charge on any atom is -0.291 e. The predicted molar refractivity (Wildman–Crippen MR) is 113 cm³/mol. The Kier molecular flexibility index (Phi) is 11.6. The van der Waals surface area contributed by atoms with Gasteiger partial charge in [0.2, 0.25) is 0 Å². The fourth-order valence-corrected chi connectivity index (χ4v) is 4.82. The molecule has 1 nitrogen and oxygen atoms in total. The van der Waals surface area contributed by atoms with E-state index in [0.29, 0.717) is 6.04 Å². The molecule has 0 N–H and O–H groups in total. The summed E-state index contributed by atoms with van der Waals surface area (Å²) in [5.74, 6) is 1.01. The van der Waals surface area contributed by atoms with Crippen molar-refractivity contribution in [2.45, 2.75) is 141 Å². The van der Waals surface area contributed by atoms with Crippen molar-refractivity contribution in [1.29, 1.82) is 0 Å². The first-order valence-corrected chi connectivity index (χ1v) is 11.9. The standard InChI is InChI=1S/C24H45N/c1-2-3-4-5-6-7-8-9-10-12-15-22-18-20-24(21-19-22)25-23-16-13-11-14-17-23/h22-23H,2-21H2,1H3. The summed E-state index contributed by atoms with van der Waals surface area (Å²) < 4.78 is 0. The number of nitrogens with zero attached hydrogens (tertiary/aromatic N) is 1. The lowest BCUT2D eigenvalue weighted by Gasteiger charge is -2.25. The van der Waals surface area contributed by atoms with Gasteiger partial charge in [-0.25, -0.2) is 0 Å². The van der Waals surface area contributed by atoms with Crippen LogP contribution in [0, 0.1) is 5.92 Å². The molecule has 25 heavy (non-hydrogen) atoms. The molecule has 0 aromatic heterocycles. The van der Waals surface area contributed by atoms with Crippen LogP contribution < -0.4 is 0 Å². The Balaban J connectivity index is 1.41. The maximum absolute atomic E-state index is 5.10. The molecular formula is C24H45N. The topological polar surface area (TPSA) is 12.4 Å². The van der Waals surface area contributed by atoms with E-state index in [1.165, 1.54) is 128 Å². The molecule has 0 spiro atoms. The maximum atomic E-state index is 5.10. The van der Waals surface area contributed by atoms with E-state index in [-0.39, 0.29) is 0 Å². The molecule has 2 fully saturated rings. The zero-order chi connectivity index (χ0) is 17.6. The van der Waals surface area contributed by atoms with Crippen molar-refractivity contribution < 1.29 is 0 Å². The third kappa shape index (κ3) is 9.80. The maximum Gasteiger partial charge on any atom is 0.0499 e. The lowest BCUT2D eigenvalue weighted by Crippen LogP contribution is -2.18. The Morgan fingerprint density at radius 3 is 1.84 bits per heavy atom. The van der Waals surface area contributed by atoms with Crippen molar-refractivity contribution >= 4 is 5.71 Å². The fraction of sp³-hybridized carbons (Fsp3) is 0.958. The van der Waals surface area contributed by atoms with Crippen LogP contribution in [0.5, 0.6) is 0 Å². The molecule has 2 rings (SSSR count). The van der Waals surface area contributed by atoms with E-state index in [1.807, 2.05) is 0 Å². The highest BCUT2D eigenvalue weighted by Crippen LogP contribution is 2.29. The highest BCUT2D eigenvalue weighted by molar-refractivity contribution is 5.85. The van der Waals surface area contributed by atoms with E-state index >= 15 is 0 Å². The van der Waals surface area contributed by atoms with Crippen LogP contribution in [0.25, 0.3) is 0 Å². The number of unbranched alkanes of at least 4 members (excludes halogenated alkanes) is 9. The van der Waals surface area contributed by atoms with Gasteiger partial charge in [-0.1, -0.05) is 96.8 Å². The minimum absolute atomic E-state index is 0.697. The molecule has 2 aliphatic carbocycles. The van der Waals surface area contributed by atoms with Crippen molar-refractivity contribution in [3.8, 4) is 0 Å². The molecule has 0 aliphatic heterocycles. The van der Waals surface area contributed by atoms with Crippen molar-refractivity contribution in [3.05, 3.63) is 0 Å². The molecule has 0 amide bonds. The molecule has 0 unspecified atom stereocenters. The Morgan fingerprint density at radius 1 is 0.680 bits per heavy atom. The summed E-state index contributed by atoms with van der Waals surface area (Å²) in [6.07, 6.45) is 28.6. The second-order valence-electron chi connectivity index (χ2n) is 8.90.